The van der Waals surface area contributed by atoms with Crippen LogP contribution < -0.4 is 5.32 Å². The molecular formula is C15H23N3O. The molecule has 0 aromatic heterocycles. The minimum Gasteiger partial charge on any atom is -0.325 e. The van der Waals surface area contributed by atoms with Gasteiger partial charge in [-0.15, -0.1) is 0 Å². The van der Waals surface area contributed by atoms with E-state index in [2.05, 4.69) is 22.2 Å². The van der Waals surface area contributed by atoms with Crippen LogP contribution in [0, 0.1) is 6.92 Å². The molecule has 1 heterocycles. The minimum atomic E-state index is 0.0788. The third-order valence-electron chi connectivity index (χ3n) is 3.48. The average molecular weight is 261 g/mol. The standard InChI is InChI=1S/C15H23N3O/c1-13-5-3-6-14(11-13)16-15(19)12-18-8-4-7-17(2)9-10-18/h3,5-6,11H,4,7-10,12H2,1-2H3,(H,16,19). The predicted octanol–water partition coefficient (Wildman–Crippen LogP) is 1.57. The van der Waals surface area contributed by atoms with Crippen LogP contribution in [0.5, 0.6) is 0 Å². The van der Waals surface area contributed by atoms with Crippen molar-refractivity contribution >= 4 is 11.6 Å². The van der Waals surface area contributed by atoms with Gasteiger partial charge in [-0.25, -0.2) is 0 Å². The third-order valence-corrected chi connectivity index (χ3v) is 3.48. The van der Waals surface area contributed by atoms with E-state index in [1.165, 1.54) is 0 Å². The van der Waals surface area contributed by atoms with Crippen LogP contribution in [0.1, 0.15) is 12.0 Å². The van der Waals surface area contributed by atoms with Gasteiger partial charge in [-0.1, -0.05) is 12.1 Å². The van der Waals surface area contributed by atoms with Gasteiger partial charge in [-0.3, -0.25) is 9.69 Å². The van der Waals surface area contributed by atoms with E-state index in [1.54, 1.807) is 0 Å². The first-order valence-corrected chi connectivity index (χ1v) is 6.91. The van der Waals surface area contributed by atoms with E-state index in [-0.39, 0.29) is 5.91 Å². The quantitative estimate of drug-likeness (QED) is 0.897. The van der Waals surface area contributed by atoms with Crippen molar-refractivity contribution in [1.82, 2.24) is 9.80 Å². The molecular weight excluding hydrogens is 238 g/mol. The topological polar surface area (TPSA) is 35.6 Å². The van der Waals surface area contributed by atoms with Crippen LogP contribution in [0.3, 0.4) is 0 Å². The highest BCUT2D eigenvalue weighted by molar-refractivity contribution is 5.92. The normalized spacial score (nSPS) is 18.0. The fourth-order valence-electron chi connectivity index (χ4n) is 2.38. The maximum Gasteiger partial charge on any atom is 0.238 e. The molecule has 0 radical (unpaired) electrons. The van der Waals surface area contributed by atoms with Crippen molar-refractivity contribution in [3.8, 4) is 0 Å². The summed E-state index contributed by atoms with van der Waals surface area (Å²) in [6.07, 6.45) is 1.13. The van der Waals surface area contributed by atoms with Gasteiger partial charge in [0.2, 0.25) is 5.91 Å². The summed E-state index contributed by atoms with van der Waals surface area (Å²) in [5.74, 6) is 0.0788. The van der Waals surface area contributed by atoms with Gasteiger partial charge in [0.25, 0.3) is 0 Å². The van der Waals surface area contributed by atoms with E-state index in [4.69, 9.17) is 0 Å². The molecule has 1 amide bonds. The molecule has 0 unspecified atom stereocenters. The lowest BCUT2D eigenvalue weighted by Gasteiger charge is -2.19. The summed E-state index contributed by atoms with van der Waals surface area (Å²) >= 11 is 0. The number of likely N-dealkylation sites (N-methyl/N-ethyl adjacent to an activating group) is 1. The Morgan fingerprint density at radius 1 is 1.26 bits per heavy atom. The second kappa shape index (κ2) is 6.68. The number of carbonyl (C=O) groups excluding carboxylic acids is 1. The summed E-state index contributed by atoms with van der Waals surface area (Å²) < 4.78 is 0. The zero-order valence-electron chi connectivity index (χ0n) is 11.9. The Hall–Kier alpha value is -1.39. The van der Waals surface area contributed by atoms with E-state index < -0.39 is 0 Å². The highest BCUT2D eigenvalue weighted by atomic mass is 16.2. The van der Waals surface area contributed by atoms with Gasteiger partial charge in [-0.2, -0.15) is 0 Å². The molecule has 1 saturated heterocycles. The van der Waals surface area contributed by atoms with Gasteiger partial charge < -0.3 is 10.2 Å². The van der Waals surface area contributed by atoms with Crippen molar-refractivity contribution in [2.75, 3.05) is 45.1 Å². The molecule has 0 spiro atoms. The number of hydrogen-bond donors (Lipinski definition) is 1. The molecule has 1 aliphatic rings. The Morgan fingerprint density at radius 3 is 2.89 bits per heavy atom. The Kier molecular flexibility index (Phi) is 4.93. The molecule has 1 aromatic rings. The van der Waals surface area contributed by atoms with Gasteiger partial charge in [0.1, 0.15) is 0 Å². The first-order chi connectivity index (χ1) is 9.13. The summed E-state index contributed by atoms with van der Waals surface area (Å²) in [5, 5.41) is 2.97. The number of carbonyl (C=O) groups is 1. The second-order valence-corrected chi connectivity index (χ2v) is 5.35. The molecule has 4 nitrogen and oxygen atoms in total. The molecule has 19 heavy (non-hydrogen) atoms. The van der Waals surface area contributed by atoms with Crippen molar-refractivity contribution in [2.45, 2.75) is 13.3 Å². The molecule has 1 N–H and O–H groups in total. The monoisotopic (exact) mass is 261 g/mol. The SMILES string of the molecule is Cc1cccc(NC(=O)CN2CCCN(C)CC2)c1. The smallest absolute Gasteiger partial charge is 0.238 e. The maximum absolute atomic E-state index is 12.0. The third kappa shape index (κ3) is 4.65. The van der Waals surface area contributed by atoms with Crippen molar-refractivity contribution < 1.29 is 4.79 Å². The molecule has 0 aliphatic carbocycles. The van der Waals surface area contributed by atoms with E-state index in [9.17, 15) is 4.79 Å². The summed E-state index contributed by atoms with van der Waals surface area (Å²) in [4.78, 5) is 16.6. The summed E-state index contributed by atoms with van der Waals surface area (Å²) in [5.41, 5.74) is 2.05. The molecule has 104 valence electrons. The van der Waals surface area contributed by atoms with Crippen LogP contribution >= 0.6 is 0 Å². The maximum atomic E-state index is 12.0. The number of nitrogens with one attached hydrogen (secondary N) is 1. The van der Waals surface area contributed by atoms with Crippen molar-refractivity contribution in [2.24, 2.45) is 0 Å². The van der Waals surface area contributed by atoms with E-state index in [0.717, 1.165) is 43.9 Å². The van der Waals surface area contributed by atoms with Crippen LogP contribution in [-0.2, 0) is 4.79 Å². The van der Waals surface area contributed by atoms with Gasteiger partial charge >= 0.3 is 0 Å². The Labute approximate surface area is 115 Å². The molecule has 1 aromatic carbocycles. The van der Waals surface area contributed by atoms with E-state index >= 15 is 0 Å². The van der Waals surface area contributed by atoms with Crippen LogP contribution in [-0.4, -0.2) is 55.5 Å². The summed E-state index contributed by atoms with van der Waals surface area (Å²) in [6, 6.07) is 7.92. The highest BCUT2D eigenvalue weighted by Crippen LogP contribution is 2.09. The number of nitrogens with zero attached hydrogens (tertiary/aromatic N) is 2. The van der Waals surface area contributed by atoms with Gasteiger partial charge in [0, 0.05) is 18.8 Å². The van der Waals surface area contributed by atoms with Crippen LogP contribution in [0.2, 0.25) is 0 Å². The molecule has 2 rings (SSSR count). The lowest BCUT2D eigenvalue weighted by Crippen LogP contribution is -2.35. The van der Waals surface area contributed by atoms with E-state index in [0.29, 0.717) is 6.54 Å². The number of hydrogen-bond acceptors (Lipinski definition) is 3. The van der Waals surface area contributed by atoms with Crippen LogP contribution in [0.4, 0.5) is 5.69 Å². The first-order valence-electron chi connectivity index (χ1n) is 6.91. The second-order valence-electron chi connectivity index (χ2n) is 5.35. The molecule has 1 fully saturated rings. The Bertz CT molecular complexity index is 433. The molecule has 0 saturated carbocycles. The lowest BCUT2D eigenvalue weighted by molar-refractivity contribution is -0.117. The van der Waals surface area contributed by atoms with Crippen molar-refractivity contribution in [3.05, 3.63) is 29.8 Å². The number of anilines is 1. The summed E-state index contributed by atoms with van der Waals surface area (Å²) in [6.45, 7) is 6.65. The highest BCUT2D eigenvalue weighted by Gasteiger charge is 2.14. The molecule has 1 aliphatic heterocycles. The van der Waals surface area contributed by atoms with Crippen LogP contribution in [0.25, 0.3) is 0 Å². The Balaban J connectivity index is 1.84. The summed E-state index contributed by atoms with van der Waals surface area (Å²) in [7, 11) is 2.14. The van der Waals surface area contributed by atoms with Crippen molar-refractivity contribution in [1.29, 1.82) is 0 Å². The number of benzene rings is 1. The number of rotatable bonds is 3. The van der Waals surface area contributed by atoms with E-state index in [1.807, 2.05) is 31.2 Å². The average Bonchev–Trinajstić information content (AvgIpc) is 2.54. The number of aryl methyl sites for hydroxylation is 1. The predicted molar refractivity (Wildman–Crippen MR) is 78.4 cm³/mol. The van der Waals surface area contributed by atoms with Crippen LogP contribution in [0.15, 0.2) is 24.3 Å². The minimum absolute atomic E-state index is 0.0788. The lowest BCUT2D eigenvalue weighted by atomic mass is 10.2. The van der Waals surface area contributed by atoms with Gasteiger partial charge in [0.05, 0.1) is 6.54 Å². The fourth-order valence-corrected chi connectivity index (χ4v) is 2.38. The molecule has 0 atom stereocenters. The Morgan fingerprint density at radius 2 is 2.11 bits per heavy atom. The molecule has 0 bridgehead atoms. The van der Waals surface area contributed by atoms with Crippen molar-refractivity contribution in [3.63, 3.8) is 0 Å². The first kappa shape index (κ1) is 14.0. The van der Waals surface area contributed by atoms with Gasteiger partial charge in [0.15, 0.2) is 0 Å². The fraction of sp³-hybridized carbons (Fsp3) is 0.533. The number of amides is 1. The largest absolute Gasteiger partial charge is 0.325 e. The zero-order chi connectivity index (χ0) is 13.7. The zero-order valence-corrected chi connectivity index (χ0v) is 11.9. The molecule has 4 heteroatoms. The van der Waals surface area contributed by atoms with Gasteiger partial charge in [-0.05, 0) is 51.2 Å².